The number of halogens is 1. The van der Waals surface area contributed by atoms with E-state index in [2.05, 4.69) is 4.72 Å². The first-order chi connectivity index (χ1) is 9.12. The van der Waals surface area contributed by atoms with E-state index in [0.29, 0.717) is 10.6 Å². The highest BCUT2D eigenvalue weighted by molar-refractivity contribution is 7.92. The van der Waals surface area contributed by atoms with E-state index in [1.807, 2.05) is 0 Å². The van der Waals surface area contributed by atoms with Crippen LogP contribution in [0.3, 0.4) is 0 Å². The fourth-order valence-corrected chi connectivity index (χ4v) is 2.27. The summed E-state index contributed by atoms with van der Waals surface area (Å²) in [5.74, 6) is -1.07. The lowest BCUT2D eigenvalue weighted by Crippen LogP contribution is -2.38. The molecule has 20 heavy (non-hydrogen) atoms. The zero-order valence-electron chi connectivity index (χ0n) is 11.1. The Morgan fingerprint density at radius 2 is 1.90 bits per heavy atom. The Hall–Kier alpha value is -1.37. The third-order valence-corrected chi connectivity index (χ3v) is 3.90. The van der Waals surface area contributed by atoms with Gasteiger partial charge in [0, 0.05) is 17.0 Å². The van der Waals surface area contributed by atoms with E-state index >= 15 is 0 Å². The molecule has 110 valence electrons. The number of nitrogens with one attached hydrogen (secondary N) is 1. The predicted octanol–water partition coefficient (Wildman–Crippen LogP) is 2.34. The molecule has 0 bridgehead atoms. The number of sulfonamides is 1. The molecule has 1 aromatic carbocycles. The predicted molar refractivity (Wildman–Crippen MR) is 78.8 cm³/mol. The van der Waals surface area contributed by atoms with E-state index in [9.17, 15) is 13.2 Å². The van der Waals surface area contributed by atoms with Crippen molar-refractivity contribution < 1.29 is 18.3 Å². The fraction of sp³-hybridized carbons (Fsp3) is 0.308. The fourth-order valence-electron chi connectivity index (χ4n) is 1.15. The van der Waals surface area contributed by atoms with Gasteiger partial charge >= 0.3 is 5.97 Å². The molecule has 0 saturated heterocycles. The van der Waals surface area contributed by atoms with Gasteiger partial charge in [-0.3, -0.25) is 4.79 Å². The van der Waals surface area contributed by atoms with Crippen LogP contribution in [0.1, 0.15) is 19.4 Å². The molecule has 0 amide bonds. The Balaban J connectivity index is 2.71. The Labute approximate surface area is 123 Å². The van der Waals surface area contributed by atoms with Gasteiger partial charge in [0.1, 0.15) is 0 Å². The Morgan fingerprint density at radius 1 is 1.35 bits per heavy atom. The largest absolute Gasteiger partial charge is 0.481 e. The second-order valence-corrected chi connectivity index (χ2v) is 7.00. The van der Waals surface area contributed by atoms with Crippen molar-refractivity contribution in [2.75, 3.05) is 6.54 Å². The standard InChI is InChI=1S/C13H16ClNO4S/c1-13(2,12(16)17)9-15-20(18,19)8-7-10-3-5-11(14)6-4-10/h3-8,15H,9H2,1-2H3,(H,16,17)/b8-7+. The second-order valence-electron chi connectivity index (χ2n) is 4.91. The summed E-state index contributed by atoms with van der Waals surface area (Å²) in [4.78, 5) is 10.9. The van der Waals surface area contributed by atoms with Crippen LogP contribution in [-0.4, -0.2) is 26.0 Å². The number of hydrogen-bond donors (Lipinski definition) is 2. The Bertz CT molecular complexity index is 606. The van der Waals surface area contributed by atoms with Gasteiger partial charge in [-0.25, -0.2) is 13.1 Å². The second kappa shape index (κ2) is 6.39. The maximum absolute atomic E-state index is 11.7. The number of carboxylic acids is 1. The van der Waals surface area contributed by atoms with Crippen LogP contribution in [-0.2, 0) is 14.8 Å². The maximum Gasteiger partial charge on any atom is 0.310 e. The molecule has 0 aromatic heterocycles. The van der Waals surface area contributed by atoms with Crippen LogP contribution in [0, 0.1) is 5.41 Å². The smallest absolute Gasteiger partial charge is 0.310 e. The van der Waals surface area contributed by atoms with Crippen LogP contribution in [0.5, 0.6) is 0 Å². The van der Waals surface area contributed by atoms with E-state index in [4.69, 9.17) is 16.7 Å². The minimum atomic E-state index is -3.68. The first kappa shape index (κ1) is 16.7. The average molecular weight is 318 g/mol. The third kappa shape index (κ3) is 5.32. The molecule has 0 aliphatic heterocycles. The molecule has 7 heteroatoms. The maximum atomic E-state index is 11.7. The summed E-state index contributed by atoms with van der Waals surface area (Å²) in [7, 11) is -3.68. The number of carboxylic acid groups (broad SMARTS) is 1. The molecule has 1 rings (SSSR count). The van der Waals surface area contributed by atoms with Crippen molar-refractivity contribution in [3.63, 3.8) is 0 Å². The van der Waals surface area contributed by atoms with Gasteiger partial charge in [-0.15, -0.1) is 0 Å². The molecule has 0 unspecified atom stereocenters. The van der Waals surface area contributed by atoms with Gasteiger partial charge in [0.2, 0.25) is 10.0 Å². The van der Waals surface area contributed by atoms with Crippen molar-refractivity contribution in [1.29, 1.82) is 0 Å². The van der Waals surface area contributed by atoms with Crippen molar-refractivity contribution in [3.05, 3.63) is 40.3 Å². The van der Waals surface area contributed by atoms with Gasteiger partial charge in [-0.05, 0) is 37.6 Å². The number of carbonyl (C=O) groups is 1. The van der Waals surface area contributed by atoms with E-state index in [1.54, 1.807) is 24.3 Å². The summed E-state index contributed by atoms with van der Waals surface area (Å²) in [6.45, 7) is 2.71. The van der Waals surface area contributed by atoms with Crippen LogP contribution in [0.2, 0.25) is 5.02 Å². The molecule has 0 saturated carbocycles. The molecule has 1 aromatic rings. The number of rotatable bonds is 6. The van der Waals surface area contributed by atoms with Crippen molar-refractivity contribution >= 4 is 33.7 Å². The van der Waals surface area contributed by atoms with Gasteiger partial charge in [-0.2, -0.15) is 0 Å². The number of benzene rings is 1. The molecule has 0 spiro atoms. The normalized spacial score (nSPS) is 12.8. The van der Waals surface area contributed by atoms with E-state index < -0.39 is 21.4 Å². The first-order valence-electron chi connectivity index (χ1n) is 5.79. The summed E-state index contributed by atoms with van der Waals surface area (Å²) in [6.07, 6.45) is 1.41. The van der Waals surface area contributed by atoms with Crippen LogP contribution < -0.4 is 4.72 Å². The summed E-state index contributed by atoms with van der Waals surface area (Å²) in [6, 6.07) is 6.65. The molecule has 2 N–H and O–H groups in total. The van der Waals surface area contributed by atoms with Crippen LogP contribution >= 0.6 is 11.6 Å². The van der Waals surface area contributed by atoms with Crippen molar-refractivity contribution in [2.45, 2.75) is 13.8 Å². The lowest BCUT2D eigenvalue weighted by Gasteiger charge is -2.18. The molecule has 5 nitrogen and oxygen atoms in total. The van der Waals surface area contributed by atoms with Crippen LogP contribution in [0.25, 0.3) is 6.08 Å². The molecule has 0 heterocycles. The first-order valence-corrected chi connectivity index (χ1v) is 7.71. The van der Waals surface area contributed by atoms with E-state index in [0.717, 1.165) is 5.41 Å². The lowest BCUT2D eigenvalue weighted by atomic mass is 9.95. The summed E-state index contributed by atoms with van der Waals surface area (Å²) < 4.78 is 25.7. The molecular weight excluding hydrogens is 302 g/mol. The summed E-state index contributed by atoms with van der Waals surface area (Å²) in [5.41, 5.74) is -0.487. The molecule has 0 aliphatic carbocycles. The molecular formula is C13H16ClNO4S. The van der Waals surface area contributed by atoms with Gasteiger partial charge in [0.05, 0.1) is 5.41 Å². The zero-order chi connectivity index (χ0) is 15.4. The average Bonchev–Trinajstić information content (AvgIpc) is 2.36. The van der Waals surface area contributed by atoms with Gasteiger partial charge < -0.3 is 5.11 Å². The summed E-state index contributed by atoms with van der Waals surface area (Å²) in [5, 5.41) is 10.5. The molecule has 0 fully saturated rings. The topological polar surface area (TPSA) is 83.5 Å². The number of aliphatic carboxylic acids is 1. The number of hydrogen-bond acceptors (Lipinski definition) is 3. The van der Waals surface area contributed by atoms with Crippen LogP contribution in [0.4, 0.5) is 0 Å². The minimum absolute atomic E-state index is 0.185. The Kier molecular flexibility index (Phi) is 5.33. The van der Waals surface area contributed by atoms with Crippen molar-refractivity contribution in [2.24, 2.45) is 5.41 Å². The minimum Gasteiger partial charge on any atom is -0.481 e. The highest BCUT2D eigenvalue weighted by atomic mass is 35.5. The SMILES string of the molecule is CC(C)(CNS(=O)(=O)/C=C/c1ccc(Cl)cc1)C(=O)O. The third-order valence-electron chi connectivity index (χ3n) is 2.60. The van der Waals surface area contributed by atoms with E-state index in [1.165, 1.54) is 19.9 Å². The van der Waals surface area contributed by atoms with Crippen LogP contribution in [0.15, 0.2) is 29.7 Å². The Morgan fingerprint density at radius 3 is 2.40 bits per heavy atom. The van der Waals surface area contributed by atoms with Gasteiger partial charge in [0.25, 0.3) is 0 Å². The van der Waals surface area contributed by atoms with Crippen molar-refractivity contribution in [3.8, 4) is 0 Å². The molecule has 0 radical (unpaired) electrons. The molecule has 0 aliphatic rings. The van der Waals surface area contributed by atoms with E-state index in [-0.39, 0.29) is 6.54 Å². The zero-order valence-corrected chi connectivity index (χ0v) is 12.7. The molecule has 0 atom stereocenters. The highest BCUT2D eigenvalue weighted by Gasteiger charge is 2.28. The van der Waals surface area contributed by atoms with Gasteiger partial charge in [0.15, 0.2) is 0 Å². The summed E-state index contributed by atoms with van der Waals surface area (Å²) >= 11 is 5.72. The lowest BCUT2D eigenvalue weighted by molar-refractivity contribution is -0.146. The monoisotopic (exact) mass is 317 g/mol. The highest BCUT2D eigenvalue weighted by Crippen LogP contribution is 2.14. The van der Waals surface area contributed by atoms with Crippen molar-refractivity contribution in [1.82, 2.24) is 4.72 Å². The quantitative estimate of drug-likeness (QED) is 0.843. The van der Waals surface area contributed by atoms with Gasteiger partial charge in [-0.1, -0.05) is 23.7 Å².